The van der Waals surface area contributed by atoms with Crippen LogP contribution in [0.5, 0.6) is 0 Å². The predicted molar refractivity (Wildman–Crippen MR) is 58.7 cm³/mol. The molecule has 0 heterocycles. The van der Waals surface area contributed by atoms with Crippen LogP contribution in [0.4, 0.5) is 0 Å². The van der Waals surface area contributed by atoms with Crippen LogP contribution in [0.1, 0.15) is 23.6 Å². The average molecular weight is 212 g/mol. The Hall–Kier alpha value is -0.670. The van der Waals surface area contributed by atoms with E-state index in [0.29, 0.717) is 6.61 Å². The smallest absolute Gasteiger partial charge is 0.189 e. The molecule has 14 heavy (non-hydrogen) atoms. The van der Waals surface area contributed by atoms with Gasteiger partial charge in [0.15, 0.2) is 11.1 Å². The molecule has 0 aliphatic rings. The van der Waals surface area contributed by atoms with Crippen molar-refractivity contribution in [2.24, 2.45) is 0 Å². The van der Waals surface area contributed by atoms with E-state index in [-0.39, 0.29) is 0 Å². The Bertz CT molecular complexity index is 335. The zero-order valence-corrected chi connectivity index (χ0v) is 9.90. The first-order valence-electron chi connectivity index (χ1n) is 4.69. The summed E-state index contributed by atoms with van der Waals surface area (Å²) in [5, 5.41) is 0. The maximum absolute atomic E-state index is 11.7. The Labute approximate surface area is 88.0 Å². The number of aryl methyl sites for hydroxylation is 3. The molecule has 1 aromatic carbocycles. The van der Waals surface area contributed by atoms with Crippen molar-refractivity contribution in [3.8, 4) is 0 Å². The van der Waals surface area contributed by atoms with Crippen molar-refractivity contribution in [1.82, 2.24) is 0 Å². The number of hydrogen-bond donors (Lipinski definition) is 0. The van der Waals surface area contributed by atoms with Gasteiger partial charge in [-0.2, -0.15) is 0 Å². The molecule has 78 valence electrons. The molecule has 1 atom stereocenters. The second-order valence-corrected chi connectivity index (χ2v) is 4.48. The minimum atomic E-state index is -1.31. The first-order chi connectivity index (χ1) is 6.56. The van der Waals surface area contributed by atoms with Crippen LogP contribution in [-0.2, 0) is 15.3 Å². The van der Waals surface area contributed by atoms with E-state index < -0.39 is 11.1 Å². The molecule has 2 nitrogen and oxygen atoms in total. The monoisotopic (exact) mass is 212 g/mol. The fourth-order valence-corrected chi connectivity index (χ4v) is 2.57. The minimum absolute atomic E-state index is 0.472. The van der Waals surface area contributed by atoms with Crippen molar-refractivity contribution in [2.75, 3.05) is 6.61 Å². The molecule has 0 saturated heterocycles. The second kappa shape index (κ2) is 4.71. The van der Waals surface area contributed by atoms with Crippen LogP contribution in [0.15, 0.2) is 17.0 Å². The van der Waals surface area contributed by atoms with Crippen molar-refractivity contribution in [3.63, 3.8) is 0 Å². The van der Waals surface area contributed by atoms with Gasteiger partial charge in [0.05, 0.1) is 11.5 Å². The van der Waals surface area contributed by atoms with Gasteiger partial charge in [0.1, 0.15) is 0 Å². The van der Waals surface area contributed by atoms with Gasteiger partial charge in [-0.25, -0.2) is 4.21 Å². The van der Waals surface area contributed by atoms with E-state index in [2.05, 4.69) is 0 Å². The molecule has 0 saturated carbocycles. The molecule has 0 bridgehead atoms. The molecule has 1 rings (SSSR count). The van der Waals surface area contributed by atoms with E-state index in [4.69, 9.17) is 4.18 Å². The second-order valence-electron chi connectivity index (χ2n) is 3.37. The Kier molecular flexibility index (Phi) is 3.84. The normalized spacial score (nSPS) is 12.9. The van der Waals surface area contributed by atoms with Gasteiger partial charge in [0, 0.05) is 0 Å². The summed E-state index contributed by atoms with van der Waals surface area (Å²) >= 11 is -1.31. The SMILES string of the molecule is CCO[S@@](=O)c1c(C)cc(C)cc1C. The molecule has 1 aromatic rings. The van der Waals surface area contributed by atoms with Gasteiger partial charge in [0.25, 0.3) is 0 Å². The molecule has 0 radical (unpaired) electrons. The molecule has 3 heteroatoms. The van der Waals surface area contributed by atoms with Crippen molar-refractivity contribution >= 4 is 11.1 Å². The first-order valence-corrected chi connectivity index (χ1v) is 5.76. The van der Waals surface area contributed by atoms with Gasteiger partial charge >= 0.3 is 0 Å². The van der Waals surface area contributed by atoms with Crippen molar-refractivity contribution in [1.29, 1.82) is 0 Å². The van der Waals surface area contributed by atoms with Crippen LogP contribution in [0.25, 0.3) is 0 Å². The average Bonchev–Trinajstić information content (AvgIpc) is 2.01. The van der Waals surface area contributed by atoms with Crippen LogP contribution in [0.2, 0.25) is 0 Å². The molecule has 0 spiro atoms. The molecule has 0 fully saturated rings. The summed E-state index contributed by atoms with van der Waals surface area (Å²) in [6.45, 7) is 8.28. The summed E-state index contributed by atoms with van der Waals surface area (Å²) in [6.07, 6.45) is 0. The molecule has 0 N–H and O–H groups in total. The van der Waals surface area contributed by atoms with E-state index in [9.17, 15) is 4.21 Å². The molecular weight excluding hydrogens is 196 g/mol. The quantitative estimate of drug-likeness (QED) is 0.770. The Morgan fingerprint density at radius 2 is 1.71 bits per heavy atom. The van der Waals surface area contributed by atoms with Crippen LogP contribution in [0.3, 0.4) is 0 Å². The van der Waals surface area contributed by atoms with E-state index in [0.717, 1.165) is 16.0 Å². The van der Waals surface area contributed by atoms with E-state index in [1.807, 2.05) is 39.8 Å². The molecule has 0 aliphatic carbocycles. The van der Waals surface area contributed by atoms with Gasteiger partial charge in [-0.05, 0) is 38.8 Å². The highest BCUT2D eigenvalue weighted by Crippen LogP contribution is 2.20. The highest BCUT2D eigenvalue weighted by molar-refractivity contribution is 7.80. The third-order valence-electron chi connectivity index (χ3n) is 2.00. The summed E-state index contributed by atoms with van der Waals surface area (Å²) in [7, 11) is 0. The zero-order valence-electron chi connectivity index (χ0n) is 9.09. The maximum Gasteiger partial charge on any atom is 0.189 e. The van der Waals surface area contributed by atoms with Crippen LogP contribution < -0.4 is 0 Å². The fraction of sp³-hybridized carbons (Fsp3) is 0.455. The lowest BCUT2D eigenvalue weighted by atomic mass is 10.1. The lowest BCUT2D eigenvalue weighted by Gasteiger charge is -2.09. The molecular formula is C11H16O2S. The highest BCUT2D eigenvalue weighted by atomic mass is 32.2. The van der Waals surface area contributed by atoms with Gasteiger partial charge in [-0.15, -0.1) is 0 Å². The summed E-state index contributed by atoms with van der Waals surface area (Å²) in [5.41, 5.74) is 3.26. The van der Waals surface area contributed by atoms with Crippen molar-refractivity contribution in [2.45, 2.75) is 32.6 Å². The van der Waals surface area contributed by atoms with E-state index in [1.54, 1.807) is 0 Å². The molecule has 0 unspecified atom stereocenters. The first kappa shape index (κ1) is 11.4. The summed E-state index contributed by atoms with van der Waals surface area (Å²) < 4.78 is 16.8. The van der Waals surface area contributed by atoms with Crippen LogP contribution in [-0.4, -0.2) is 10.8 Å². The maximum atomic E-state index is 11.7. The lowest BCUT2D eigenvalue weighted by Crippen LogP contribution is -2.02. The van der Waals surface area contributed by atoms with Gasteiger partial charge in [0.2, 0.25) is 0 Å². The van der Waals surface area contributed by atoms with E-state index >= 15 is 0 Å². The minimum Gasteiger partial charge on any atom is -0.287 e. The van der Waals surface area contributed by atoms with Crippen molar-refractivity contribution < 1.29 is 8.39 Å². The highest BCUT2D eigenvalue weighted by Gasteiger charge is 2.11. The Balaban J connectivity index is 3.14. The molecule has 0 amide bonds. The number of hydrogen-bond acceptors (Lipinski definition) is 2. The van der Waals surface area contributed by atoms with Gasteiger partial charge in [-0.3, -0.25) is 4.18 Å². The molecule has 0 aromatic heterocycles. The summed E-state index contributed by atoms with van der Waals surface area (Å²) in [4.78, 5) is 0.817. The third kappa shape index (κ3) is 2.42. The van der Waals surface area contributed by atoms with Crippen LogP contribution in [0, 0.1) is 20.8 Å². The topological polar surface area (TPSA) is 26.3 Å². The zero-order chi connectivity index (χ0) is 10.7. The van der Waals surface area contributed by atoms with Crippen LogP contribution >= 0.6 is 0 Å². The predicted octanol–water partition coefficient (Wildman–Crippen LogP) is 2.67. The Morgan fingerprint density at radius 3 is 2.14 bits per heavy atom. The van der Waals surface area contributed by atoms with Gasteiger partial charge < -0.3 is 0 Å². The standard InChI is InChI=1S/C11H16O2S/c1-5-13-14(12)11-9(3)6-8(2)7-10(11)4/h6-7H,5H2,1-4H3/t14-/m1/s1. The number of benzene rings is 1. The Morgan fingerprint density at radius 1 is 1.21 bits per heavy atom. The molecule has 0 aliphatic heterocycles. The summed E-state index contributed by atoms with van der Waals surface area (Å²) in [5.74, 6) is 0. The largest absolute Gasteiger partial charge is 0.287 e. The lowest BCUT2D eigenvalue weighted by molar-refractivity contribution is 0.371. The van der Waals surface area contributed by atoms with E-state index in [1.165, 1.54) is 5.56 Å². The van der Waals surface area contributed by atoms with Gasteiger partial charge in [-0.1, -0.05) is 17.7 Å². The number of rotatable bonds is 3. The summed E-state index contributed by atoms with van der Waals surface area (Å²) in [6, 6.07) is 4.05. The third-order valence-corrected chi connectivity index (χ3v) is 3.42. The fourth-order valence-electron chi connectivity index (χ4n) is 1.60. The van der Waals surface area contributed by atoms with Crippen molar-refractivity contribution in [3.05, 3.63) is 28.8 Å².